The highest BCUT2D eigenvalue weighted by atomic mass is 15.2. The van der Waals surface area contributed by atoms with Crippen LogP contribution in [0.25, 0.3) is 0 Å². The van der Waals surface area contributed by atoms with Crippen molar-refractivity contribution >= 4 is 0 Å². The van der Waals surface area contributed by atoms with E-state index >= 15 is 0 Å². The van der Waals surface area contributed by atoms with Gasteiger partial charge in [0.2, 0.25) is 0 Å². The van der Waals surface area contributed by atoms with E-state index in [2.05, 4.69) is 36.0 Å². The first-order valence-corrected chi connectivity index (χ1v) is 5.15. The Balaban J connectivity index is 2.40. The van der Waals surface area contributed by atoms with Gasteiger partial charge < -0.3 is 0 Å². The molecule has 13 heavy (non-hydrogen) atoms. The molecular weight excluding hydrogens is 162 g/mol. The molecule has 74 valence electrons. The molecule has 0 radical (unpaired) electrons. The topological polar surface area (TPSA) is 41.6 Å². The Morgan fingerprint density at radius 1 is 1.31 bits per heavy atom. The second-order valence-corrected chi connectivity index (χ2v) is 3.75. The Hall–Kier alpha value is -0.860. The smallest absolute Gasteiger partial charge is 0.153 e. The van der Waals surface area contributed by atoms with E-state index in [4.69, 9.17) is 0 Å². The van der Waals surface area contributed by atoms with Crippen LogP contribution in [-0.2, 0) is 6.42 Å². The van der Waals surface area contributed by atoms with Gasteiger partial charge in [0.1, 0.15) is 5.82 Å². The van der Waals surface area contributed by atoms with E-state index in [1.807, 2.05) is 0 Å². The Morgan fingerprint density at radius 2 is 2.08 bits per heavy atom. The van der Waals surface area contributed by atoms with Gasteiger partial charge in [0, 0.05) is 12.3 Å². The largest absolute Gasteiger partial charge is 0.263 e. The lowest BCUT2D eigenvalue weighted by Gasteiger charge is -1.95. The summed E-state index contributed by atoms with van der Waals surface area (Å²) in [7, 11) is 0. The van der Waals surface area contributed by atoms with Gasteiger partial charge in [-0.25, -0.2) is 4.98 Å². The molecule has 0 atom stereocenters. The number of aromatic amines is 1. The minimum absolute atomic E-state index is 0.427. The molecule has 0 unspecified atom stereocenters. The number of aromatic nitrogens is 3. The summed E-state index contributed by atoms with van der Waals surface area (Å²) in [5.41, 5.74) is 0. The maximum atomic E-state index is 4.41. The van der Waals surface area contributed by atoms with Gasteiger partial charge in [-0.3, -0.25) is 5.10 Å². The molecule has 0 spiro atoms. The molecular formula is C10H19N3. The van der Waals surface area contributed by atoms with Crippen molar-refractivity contribution in [3.63, 3.8) is 0 Å². The normalized spacial score (nSPS) is 11.1. The van der Waals surface area contributed by atoms with Crippen LogP contribution in [0.3, 0.4) is 0 Å². The molecule has 1 rings (SSSR count). The SMILES string of the molecule is CCCCCc1nc(C(C)C)n[nH]1. The van der Waals surface area contributed by atoms with E-state index < -0.39 is 0 Å². The van der Waals surface area contributed by atoms with E-state index in [-0.39, 0.29) is 0 Å². The van der Waals surface area contributed by atoms with Crippen molar-refractivity contribution < 1.29 is 0 Å². The predicted octanol–water partition coefficient (Wildman–Crippen LogP) is 2.66. The predicted molar refractivity (Wildman–Crippen MR) is 53.7 cm³/mol. The lowest BCUT2D eigenvalue weighted by atomic mass is 10.2. The number of hydrogen-bond acceptors (Lipinski definition) is 2. The molecule has 0 saturated heterocycles. The lowest BCUT2D eigenvalue weighted by Crippen LogP contribution is -1.91. The summed E-state index contributed by atoms with van der Waals surface area (Å²) in [6.07, 6.45) is 4.78. The summed E-state index contributed by atoms with van der Waals surface area (Å²) < 4.78 is 0. The van der Waals surface area contributed by atoms with Gasteiger partial charge in [0.25, 0.3) is 0 Å². The summed E-state index contributed by atoms with van der Waals surface area (Å²) in [6, 6.07) is 0. The van der Waals surface area contributed by atoms with Gasteiger partial charge in [-0.05, 0) is 6.42 Å². The van der Waals surface area contributed by atoms with E-state index in [0.29, 0.717) is 5.92 Å². The molecule has 1 aromatic heterocycles. The van der Waals surface area contributed by atoms with Crippen LogP contribution in [0.2, 0.25) is 0 Å². The molecule has 0 saturated carbocycles. The molecule has 1 heterocycles. The highest BCUT2D eigenvalue weighted by Crippen LogP contribution is 2.09. The molecule has 1 aromatic rings. The van der Waals surface area contributed by atoms with Crippen LogP contribution in [0.5, 0.6) is 0 Å². The highest BCUT2D eigenvalue weighted by molar-refractivity contribution is 4.94. The summed E-state index contributed by atoms with van der Waals surface area (Å²) >= 11 is 0. The fraction of sp³-hybridized carbons (Fsp3) is 0.800. The molecule has 0 aromatic carbocycles. The van der Waals surface area contributed by atoms with E-state index in [1.54, 1.807) is 0 Å². The van der Waals surface area contributed by atoms with Gasteiger partial charge in [-0.15, -0.1) is 0 Å². The van der Waals surface area contributed by atoms with E-state index in [1.165, 1.54) is 19.3 Å². The van der Waals surface area contributed by atoms with Gasteiger partial charge in [0.15, 0.2) is 5.82 Å². The van der Waals surface area contributed by atoms with Gasteiger partial charge in [-0.1, -0.05) is 33.6 Å². The molecule has 3 heteroatoms. The van der Waals surface area contributed by atoms with Crippen molar-refractivity contribution in [1.82, 2.24) is 15.2 Å². The number of rotatable bonds is 5. The van der Waals surface area contributed by atoms with Crippen LogP contribution in [0.4, 0.5) is 0 Å². The van der Waals surface area contributed by atoms with E-state index in [9.17, 15) is 0 Å². The third-order valence-electron chi connectivity index (χ3n) is 2.08. The maximum absolute atomic E-state index is 4.41. The molecule has 0 bridgehead atoms. The molecule has 0 aliphatic carbocycles. The molecule has 0 aliphatic heterocycles. The minimum Gasteiger partial charge on any atom is -0.263 e. The van der Waals surface area contributed by atoms with Crippen molar-refractivity contribution in [2.45, 2.75) is 52.4 Å². The van der Waals surface area contributed by atoms with Crippen molar-refractivity contribution in [2.24, 2.45) is 0 Å². The second kappa shape index (κ2) is 5.00. The quantitative estimate of drug-likeness (QED) is 0.709. The maximum Gasteiger partial charge on any atom is 0.153 e. The lowest BCUT2D eigenvalue weighted by molar-refractivity contribution is 0.694. The van der Waals surface area contributed by atoms with Gasteiger partial charge >= 0.3 is 0 Å². The first-order chi connectivity index (χ1) is 6.24. The van der Waals surface area contributed by atoms with Crippen LogP contribution in [-0.4, -0.2) is 15.2 Å². The van der Waals surface area contributed by atoms with E-state index in [0.717, 1.165) is 18.1 Å². The standard InChI is InChI=1S/C10H19N3/c1-4-5-6-7-9-11-10(8(2)3)13-12-9/h8H,4-7H2,1-3H3,(H,11,12,13). The monoisotopic (exact) mass is 181 g/mol. The highest BCUT2D eigenvalue weighted by Gasteiger charge is 2.05. The van der Waals surface area contributed by atoms with Crippen LogP contribution < -0.4 is 0 Å². The van der Waals surface area contributed by atoms with Crippen LogP contribution >= 0.6 is 0 Å². The number of unbranched alkanes of at least 4 members (excludes halogenated alkanes) is 2. The van der Waals surface area contributed by atoms with Crippen molar-refractivity contribution in [1.29, 1.82) is 0 Å². The number of hydrogen-bond donors (Lipinski definition) is 1. The Kier molecular flexibility index (Phi) is 3.93. The van der Waals surface area contributed by atoms with Crippen molar-refractivity contribution in [3.05, 3.63) is 11.6 Å². The molecule has 3 nitrogen and oxygen atoms in total. The molecule has 1 N–H and O–H groups in total. The number of nitrogens with zero attached hydrogens (tertiary/aromatic N) is 2. The molecule has 0 fully saturated rings. The zero-order valence-corrected chi connectivity index (χ0v) is 8.80. The third kappa shape index (κ3) is 3.17. The summed E-state index contributed by atoms with van der Waals surface area (Å²) in [5.74, 6) is 2.40. The van der Waals surface area contributed by atoms with Crippen LogP contribution in [0, 0.1) is 0 Å². The Bertz CT molecular complexity index is 240. The first kappa shape index (κ1) is 10.2. The minimum atomic E-state index is 0.427. The second-order valence-electron chi connectivity index (χ2n) is 3.75. The average molecular weight is 181 g/mol. The Labute approximate surface area is 80.0 Å². The first-order valence-electron chi connectivity index (χ1n) is 5.15. The fourth-order valence-electron chi connectivity index (χ4n) is 1.22. The number of aryl methyl sites for hydroxylation is 1. The number of H-pyrrole nitrogens is 1. The van der Waals surface area contributed by atoms with Crippen LogP contribution in [0.15, 0.2) is 0 Å². The van der Waals surface area contributed by atoms with Crippen LogP contribution in [0.1, 0.15) is 57.6 Å². The Morgan fingerprint density at radius 3 is 2.62 bits per heavy atom. The summed E-state index contributed by atoms with van der Waals surface area (Å²) in [5, 5.41) is 7.14. The van der Waals surface area contributed by atoms with Crippen molar-refractivity contribution in [3.8, 4) is 0 Å². The van der Waals surface area contributed by atoms with Gasteiger partial charge in [-0.2, -0.15) is 5.10 Å². The van der Waals surface area contributed by atoms with Gasteiger partial charge in [0.05, 0.1) is 0 Å². The zero-order chi connectivity index (χ0) is 9.68. The number of nitrogens with one attached hydrogen (secondary N) is 1. The third-order valence-corrected chi connectivity index (χ3v) is 2.08. The summed E-state index contributed by atoms with van der Waals surface area (Å²) in [6.45, 7) is 6.43. The molecule has 0 aliphatic rings. The zero-order valence-electron chi connectivity index (χ0n) is 8.80. The summed E-state index contributed by atoms with van der Waals surface area (Å²) in [4.78, 5) is 4.41. The average Bonchev–Trinajstić information content (AvgIpc) is 2.53. The molecule has 0 amide bonds. The fourth-order valence-corrected chi connectivity index (χ4v) is 1.22. The van der Waals surface area contributed by atoms with Crippen molar-refractivity contribution in [2.75, 3.05) is 0 Å².